The highest BCUT2D eigenvalue weighted by Gasteiger charge is 2.30. The summed E-state index contributed by atoms with van der Waals surface area (Å²) in [5.41, 5.74) is 6.99. The molecule has 2 unspecified atom stereocenters. The van der Waals surface area contributed by atoms with Crippen molar-refractivity contribution in [2.45, 2.75) is 37.7 Å². The monoisotopic (exact) mass is 297 g/mol. The van der Waals surface area contributed by atoms with Crippen LogP contribution < -0.4 is 5.73 Å². The molecule has 2 rings (SSSR count). The van der Waals surface area contributed by atoms with E-state index in [1.54, 1.807) is 0 Å². The van der Waals surface area contributed by atoms with E-state index in [-0.39, 0.29) is 12.0 Å². The smallest absolute Gasteiger partial charge is 0.0648 e. The van der Waals surface area contributed by atoms with Crippen LogP contribution in [0.5, 0.6) is 0 Å². The maximum atomic E-state index is 10.5. The lowest BCUT2D eigenvalue weighted by Crippen LogP contribution is -2.31. The molecule has 0 amide bonds. The van der Waals surface area contributed by atoms with Crippen LogP contribution in [0.15, 0.2) is 28.7 Å². The third kappa shape index (κ3) is 3.09. The first-order valence-corrected chi connectivity index (χ1v) is 7.15. The fourth-order valence-corrected chi connectivity index (χ4v) is 3.25. The zero-order valence-corrected chi connectivity index (χ0v) is 11.6. The number of benzene rings is 1. The summed E-state index contributed by atoms with van der Waals surface area (Å²) in [6.07, 6.45) is 4.49. The van der Waals surface area contributed by atoms with Gasteiger partial charge in [-0.1, -0.05) is 40.9 Å². The number of nitrogens with two attached hydrogens (primary N) is 1. The van der Waals surface area contributed by atoms with Gasteiger partial charge in [0.2, 0.25) is 0 Å². The van der Waals surface area contributed by atoms with Crippen molar-refractivity contribution >= 4 is 15.9 Å². The van der Waals surface area contributed by atoms with Gasteiger partial charge in [0, 0.05) is 16.9 Å². The molecule has 1 aliphatic rings. The second-order valence-electron chi connectivity index (χ2n) is 4.93. The Kier molecular flexibility index (Phi) is 4.60. The number of aliphatic hydroxyl groups is 1. The van der Waals surface area contributed by atoms with E-state index in [9.17, 15) is 5.11 Å². The van der Waals surface area contributed by atoms with Gasteiger partial charge in [-0.2, -0.15) is 0 Å². The lowest BCUT2D eigenvalue weighted by molar-refractivity contribution is 0.0851. The predicted molar refractivity (Wildman–Crippen MR) is 73.9 cm³/mol. The van der Waals surface area contributed by atoms with Crippen molar-refractivity contribution in [3.05, 3.63) is 34.3 Å². The van der Waals surface area contributed by atoms with Crippen molar-refractivity contribution in [3.8, 4) is 0 Å². The highest BCUT2D eigenvalue weighted by atomic mass is 79.9. The van der Waals surface area contributed by atoms with Crippen LogP contribution in [0.4, 0.5) is 0 Å². The first-order valence-electron chi connectivity index (χ1n) is 6.36. The molecule has 1 aliphatic carbocycles. The van der Waals surface area contributed by atoms with Crippen molar-refractivity contribution in [3.63, 3.8) is 0 Å². The topological polar surface area (TPSA) is 46.2 Å². The molecular formula is C14H20BrNO. The van der Waals surface area contributed by atoms with Crippen LogP contribution in [0, 0.1) is 5.92 Å². The molecule has 1 aromatic carbocycles. The zero-order chi connectivity index (χ0) is 12.3. The average molecular weight is 298 g/mol. The molecule has 2 atom stereocenters. The van der Waals surface area contributed by atoms with Gasteiger partial charge in [0.25, 0.3) is 0 Å². The zero-order valence-electron chi connectivity index (χ0n) is 9.98. The molecule has 1 saturated carbocycles. The number of hydrogen-bond acceptors (Lipinski definition) is 2. The van der Waals surface area contributed by atoms with Gasteiger partial charge in [-0.3, -0.25) is 0 Å². The molecule has 0 radical (unpaired) electrons. The fraction of sp³-hybridized carbons (Fsp3) is 0.571. The highest BCUT2D eigenvalue weighted by Crippen LogP contribution is 2.34. The SMILES string of the molecule is NCC(c1cccc(Br)c1)C(O)C1CCCC1. The summed E-state index contributed by atoms with van der Waals surface area (Å²) in [5.74, 6) is 0.498. The average Bonchev–Trinajstić information content (AvgIpc) is 2.83. The minimum absolute atomic E-state index is 0.0654. The Morgan fingerprint density at radius 3 is 2.65 bits per heavy atom. The Bertz CT molecular complexity index is 363. The number of hydrogen-bond donors (Lipinski definition) is 2. The summed E-state index contributed by atoms with van der Waals surface area (Å²) >= 11 is 3.47. The van der Waals surface area contributed by atoms with Gasteiger partial charge in [0.15, 0.2) is 0 Å². The van der Waals surface area contributed by atoms with Crippen molar-refractivity contribution in [1.82, 2.24) is 0 Å². The van der Waals surface area contributed by atoms with Crippen molar-refractivity contribution < 1.29 is 5.11 Å². The second kappa shape index (κ2) is 5.98. The van der Waals surface area contributed by atoms with Crippen LogP contribution in [-0.2, 0) is 0 Å². The predicted octanol–water partition coefficient (Wildman–Crippen LogP) is 3.04. The molecule has 0 bridgehead atoms. The van der Waals surface area contributed by atoms with E-state index in [0.717, 1.165) is 22.9 Å². The maximum absolute atomic E-state index is 10.5. The molecule has 3 heteroatoms. The van der Waals surface area contributed by atoms with Crippen molar-refractivity contribution in [2.24, 2.45) is 11.7 Å². The number of halogens is 1. The molecule has 0 heterocycles. The summed E-state index contributed by atoms with van der Waals surface area (Å²) in [6.45, 7) is 0.508. The van der Waals surface area contributed by atoms with Gasteiger partial charge < -0.3 is 10.8 Å². The summed E-state index contributed by atoms with van der Waals surface area (Å²) in [6, 6.07) is 8.12. The second-order valence-corrected chi connectivity index (χ2v) is 5.85. The Morgan fingerprint density at radius 1 is 1.35 bits per heavy atom. The van der Waals surface area contributed by atoms with Crippen LogP contribution in [0.3, 0.4) is 0 Å². The Labute approximate surface area is 111 Å². The van der Waals surface area contributed by atoms with E-state index < -0.39 is 0 Å². The molecule has 2 nitrogen and oxygen atoms in total. The van der Waals surface area contributed by atoms with Crippen LogP contribution in [-0.4, -0.2) is 17.8 Å². The molecular weight excluding hydrogens is 278 g/mol. The third-order valence-electron chi connectivity index (χ3n) is 3.83. The molecule has 3 N–H and O–H groups in total. The van der Waals surface area contributed by atoms with Crippen LogP contribution >= 0.6 is 15.9 Å². The molecule has 1 aromatic rings. The van der Waals surface area contributed by atoms with Gasteiger partial charge in [-0.25, -0.2) is 0 Å². The van der Waals surface area contributed by atoms with Crippen LogP contribution in [0.25, 0.3) is 0 Å². The molecule has 0 spiro atoms. The lowest BCUT2D eigenvalue weighted by atomic mass is 9.85. The van der Waals surface area contributed by atoms with Crippen LogP contribution in [0.1, 0.15) is 37.2 Å². The normalized spacial score (nSPS) is 20.4. The summed E-state index contributed by atoms with van der Waals surface area (Å²) in [5, 5.41) is 10.5. The Balaban J connectivity index is 2.14. The van der Waals surface area contributed by atoms with Crippen molar-refractivity contribution in [2.75, 3.05) is 6.54 Å². The Morgan fingerprint density at radius 2 is 2.06 bits per heavy atom. The number of rotatable bonds is 4. The third-order valence-corrected chi connectivity index (χ3v) is 4.32. The largest absolute Gasteiger partial charge is 0.392 e. The standard InChI is InChI=1S/C14H20BrNO/c15-12-7-3-6-11(8-12)13(9-16)14(17)10-4-1-2-5-10/h3,6-8,10,13-14,17H,1-2,4-5,9,16H2. The van der Waals surface area contributed by atoms with E-state index in [1.165, 1.54) is 12.8 Å². The minimum atomic E-state index is -0.295. The molecule has 94 valence electrons. The lowest BCUT2D eigenvalue weighted by Gasteiger charge is -2.27. The first kappa shape index (κ1) is 13.1. The number of aliphatic hydroxyl groups excluding tert-OH is 1. The summed E-state index contributed by atoms with van der Waals surface area (Å²) < 4.78 is 1.05. The quantitative estimate of drug-likeness (QED) is 0.897. The summed E-state index contributed by atoms with van der Waals surface area (Å²) in [7, 11) is 0. The Hall–Kier alpha value is -0.380. The maximum Gasteiger partial charge on any atom is 0.0648 e. The van der Waals surface area contributed by atoms with E-state index >= 15 is 0 Å². The van der Waals surface area contributed by atoms with E-state index in [1.807, 2.05) is 12.1 Å². The van der Waals surface area contributed by atoms with E-state index in [4.69, 9.17) is 5.73 Å². The van der Waals surface area contributed by atoms with E-state index in [2.05, 4.69) is 28.1 Å². The van der Waals surface area contributed by atoms with Gasteiger partial charge >= 0.3 is 0 Å². The molecule has 0 aromatic heterocycles. The van der Waals surface area contributed by atoms with Gasteiger partial charge in [-0.15, -0.1) is 0 Å². The van der Waals surface area contributed by atoms with Crippen molar-refractivity contribution in [1.29, 1.82) is 0 Å². The molecule has 1 fully saturated rings. The van der Waals surface area contributed by atoms with Gasteiger partial charge in [-0.05, 0) is 36.5 Å². The fourth-order valence-electron chi connectivity index (χ4n) is 2.84. The first-order chi connectivity index (χ1) is 8.22. The van der Waals surface area contributed by atoms with E-state index in [0.29, 0.717) is 12.5 Å². The minimum Gasteiger partial charge on any atom is -0.392 e. The van der Waals surface area contributed by atoms with Gasteiger partial charge in [0.1, 0.15) is 0 Å². The van der Waals surface area contributed by atoms with Gasteiger partial charge in [0.05, 0.1) is 6.10 Å². The summed E-state index contributed by atoms with van der Waals surface area (Å²) in [4.78, 5) is 0. The molecule has 0 saturated heterocycles. The molecule has 17 heavy (non-hydrogen) atoms. The van der Waals surface area contributed by atoms with Crippen LogP contribution in [0.2, 0.25) is 0 Å². The molecule has 0 aliphatic heterocycles. The highest BCUT2D eigenvalue weighted by molar-refractivity contribution is 9.10.